The molecule has 0 radical (unpaired) electrons. The fourth-order valence-corrected chi connectivity index (χ4v) is 3.56. The second-order valence-corrected chi connectivity index (χ2v) is 14.4. The molecule has 0 spiro atoms. The van der Waals surface area contributed by atoms with Crippen molar-refractivity contribution in [1.29, 1.82) is 0 Å². The summed E-state index contributed by atoms with van der Waals surface area (Å²) >= 11 is 0. The maximum Gasteiger partial charge on any atom is 0.417 e. The number of carbonyl (C=O) groups excluding carboxylic acids is 2. The minimum atomic E-state index is -2.10. The lowest BCUT2D eigenvalue weighted by Crippen LogP contribution is -2.52. The molecule has 0 aromatic rings. The molecule has 6 heteroatoms. The summed E-state index contributed by atoms with van der Waals surface area (Å²) in [5.74, 6) is -0.366. The summed E-state index contributed by atoms with van der Waals surface area (Å²) in [7, 11) is -2.10. The number of amides is 2. The van der Waals surface area contributed by atoms with Crippen LogP contribution in [0.4, 0.5) is 4.79 Å². The highest BCUT2D eigenvalue weighted by Gasteiger charge is 2.44. The van der Waals surface area contributed by atoms with E-state index >= 15 is 0 Å². The van der Waals surface area contributed by atoms with E-state index in [1.54, 1.807) is 26.8 Å². The first kappa shape index (κ1) is 22.6. The molecule has 1 rings (SSSR count). The van der Waals surface area contributed by atoms with Crippen molar-refractivity contribution in [1.82, 2.24) is 4.90 Å². The molecule has 1 aliphatic heterocycles. The Hall–Kier alpha value is -1.40. The lowest BCUT2D eigenvalue weighted by Gasteiger charge is -2.41. The van der Waals surface area contributed by atoms with Gasteiger partial charge >= 0.3 is 6.09 Å². The molecule has 1 heterocycles. The standard InChI is InChI=1S/C20H35NO4Si/c1-14(2)13-16(25-26(9,10)20(6,7)8)15-11-12-17(22)21(15)18(23)24-19(3,4)5/h11-13,15-16H,1-10H3/t15-,16+/m0/s1. The molecule has 148 valence electrons. The number of ether oxygens (including phenoxy) is 1. The van der Waals surface area contributed by atoms with Crippen molar-refractivity contribution in [2.75, 3.05) is 0 Å². The Bertz CT molecular complexity index is 604. The Morgan fingerprint density at radius 3 is 2.15 bits per heavy atom. The largest absolute Gasteiger partial charge is 0.443 e. The third-order valence-electron chi connectivity index (χ3n) is 4.63. The summed E-state index contributed by atoms with van der Waals surface area (Å²) in [4.78, 5) is 26.1. The fourth-order valence-electron chi connectivity index (χ4n) is 2.32. The molecule has 5 nitrogen and oxygen atoms in total. The van der Waals surface area contributed by atoms with Gasteiger partial charge in [0, 0.05) is 6.08 Å². The quantitative estimate of drug-likeness (QED) is 0.505. The number of rotatable bonds is 4. The Balaban J connectivity index is 3.20. The van der Waals surface area contributed by atoms with Gasteiger partial charge in [0.25, 0.3) is 5.91 Å². The van der Waals surface area contributed by atoms with Gasteiger partial charge in [-0.15, -0.1) is 0 Å². The van der Waals surface area contributed by atoms with Crippen LogP contribution in [-0.2, 0) is 14.0 Å². The molecule has 0 N–H and O–H groups in total. The number of imide groups is 1. The van der Waals surface area contributed by atoms with Crippen LogP contribution in [0.5, 0.6) is 0 Å². The highest BCUT2D eigenvalue weighted by atomic mass is 28.4. The van der Waals surface area contributed by atoms with Crippen LogP contribution in [0.25, 0.3) is 0 Å². The van der Waals surface area contributed by atoms with Crippen LogP contribution in [-0.4, -0.2) is 43.0 Å². The fraction of sp³-hybridized carbons (Fsp3) is 0.700. The predicted molar refractivity (Wildman–Crippen MR) is 108 cm³/mol. The van der Waals surface area contributed by atoms with E-state index in [2.05, 4.69) is 33.9 Å². The van der Waals surface area contributed by atoms with Gasteiger partial charge in [-0.25, -0.2) is 9.69 Å². The Morgan fingerprint density at radius 2 is 1.73 bits per heavy atom. The highest BCUT2D eigenvalue weighted by molar-refractivity contribution is 6.74. The van der Waals surface area contributed by atoms with Gasteiger partial charge in [0.05, 0.1) is 12.1 Å². The van der Waals surface area contributed by atoms with E-state index in [9.17, 15) is 9.59 Å². The third-order valence-corrected chi connectivity index (χ3v) is 9.11. The van der Waals surface area contributed by atoms with E-state index < -0.39 is 32.2 Å². The van der Waals surface area contributed by atoms with Crippen molar-refractivity contribution in [2.24, 2.45) is 0 Å². The van der Waals surface area contributed by atoms with Crippen LogP contribution in [0.2, 0.25) is 18.1 Å². The summed E-state index contributed by atoms with van der Waals surface area (Å²) in [6.45, 7) is 20.2. The molecule has 0 bridgehead atoms. The highest BCUT2D eigenvalue weighted by Crippen LogP contribution is 2.38. The molecule has 26 heavy (non-hydrogen) atoms. The van der Waals surface area contributed by atoms with Crippen molar-refractivity contribution < 1.29 is 18.8 Å². The van der Waals surface area contributed by atoms with Crippen LogP contribution >= 0.6 is 0 Å². The summed E-state index contributed by atoms with van der Waals surface area (Å²) in [6.07, 6.45) is 4.13. The molecular weight excluding hydrogens is 346 g/mol. The molecule has 2 atom stereocenters. The van der Waals surface area contributed by atoms with Crippen molar-refractivity contribution in [3.05, 3.63) is 23.8 Å². The van der Waals surface area contributed by atoms with E-state index in [1.165, 1.54) is 11.0 Å². The number of carbonyl (C=O) groups is 2. The van der Waals surface area contributed by atoms with Crippen molar-refractivity contribution in [3.63, 3.8) is 0 Å². The van der Waals surface area contributed by atoms with Crippen molar-refractivity contribution in [3.8, 4) is 0 Å². The number of hydrogen-bond acceptors (Lipinski definition) is 4. The van der Waals surface area contributed by atoms with Gasteiger partial charge in [0.2, 0.25) is 0 Å². The Labute approximate surface area is 159 Å². The number of hydrogen-bond donors (Lipinski definition) is 0. The van der Waals surface area contributed by atoms with Crippen LogP contribution in [0, 0.1) is 0 Å². The molecule has 0 aromatic heterocycles. The van der Waals surface area contributed by atoms with E-state index in [1.807, 2.05) is 19.9 Å². The topological polar surface area (TPSA) is 55.8 Å². The summed E-state index contributed by atoms with van der Waals surface area (Å²) < 4.78 is 12.0. The average Bonchev–Trinajstić information content (AvgIpc) is 2.75. The maximum absolute atomic E-state index is 12.6. The van der Waals surface area contributed by atoms with E-state index in [0.717, 1.165) is 5.57 Å². The molecular formula is C20H35NO4Si. The zero-order chi connectivity index (χ0) is 20.5. The SMILES string of the molecule is CC(C)=C[C@@H](O[Si](C)(C)C(C)(C)C)[C@@H]1C=CC(=O)N1C(=O)OC(C)(C)C. The minimum absolute atomic E-state index is 0.0177. The van der Waals surface area contributed by atoms with Gasteiger partial charge in [0.15, 0.2) is 8.32 Å². The van der Waals surface area contributed by atoms with Crippen molar-refractivity contribution in [2.45, 2.75) is 91.3 Å². The summed E-state index contributed by atoms with van der Waals surface area (Å²) in [5.41, 5.74) is 0.405. The van der Waals surface area contributed by atoms with Gasteiger partial charge in [-0.05, 0) is 52.8 Å². The van der Waals surface area contributed by atoms with Gasteiger partial charge in [0.1, 0.15) is 5.60 Å². The lowest BCUT2D eigenvalue weighted by molar-refractivity contribution is -0.126. The van der Waals surface area contributed by atoms with Gasteiger partial charge < -0.3 is 9.16 Å². The van der Waals surface area contributed by atoms with Crippen LogP contribution in [0.3, 0.4) is 0 Å². The normalized spacial score (nSPS) is 19.5. The lowest BCUT2D eigenvalue weighted by atomic mass is 10.1. The maximum atomic E-state index is 12.6. The zero-order valence-electron chi connectivity index (χ0n) is 18.0. The average molecular weight is 382 g/mol. The summed E-state index contributed by atoms with van der Waals surface area (Å²) in [5, 5.41) is 0.0177. The van der Waals surface area contributed by atoms with Crippen LogP contribution < -0.4 is 0 Å². The first-order valence-electron chi connectivity index (χ1n) is 9.12. The van der Waals surface area contributed by atoms with Crippen molar-refractivity contribution >= 4 is 20.3 Å². The second kappa shape index (κ2) is 7.68. The van der Waals surface area contributed by atoms with Gasteiger partial charge in [-0.3, -0.25) is 4.79 Å². The summed E-state index contributed by atoms with van der Waals surface area (Å²) in [6, 6.07) is -0.499. The van der Waals surface area contributed by atoms with Gasteiger partial charge in [-0.1, -0.05) is 38.5 Å². The monoisotopic (exact) mass is 381 g/mol. The molecule has 0 unspecified atom stereocenters. The van der Waals surface area contributed by atoms with Crippen LogP contribution in [0.1, 0.15) is 55.4 Å². The molecule has 0 saturated heterocycles. The number of nitrogens with zero attached hydrogens (tertiary/aromatic N) is 1. The molecule has 2 amide bonds. The zero-order valence-corrected chi connectivity index (χ0v) is 19.0. The predicted octanol–water partition coefficient (Wildman–Crippen LogP) is 5.05. The van der Waals surface area contributed by atoms with E-state index in [-0.39, 0.29) is 10.9 Å². The molecule has 0 saturated carbocycles. The van der Waals surface area contributed by atoms with E-state index in [4.69, 9.17) is 9.16 Å². The molecule has 1 aliphatic rings. The van der Waals surface area contributed by atoms with Gasteiger partial charge in [-0.2, -0.15) is 0 Å². The minimum Gasteiger partial charge on any atom is -0.443 e. The second-order valence-electron chi connectivity index (χ2n) is 9.63. The first-order valence-corrected chi connectivity index (χ1v) is 12.0. The van der Waals surface area contributed by atoms with E-state index in [0.29, 0.717) is 0 Å². The number of allylic oxidation sites excluding steroid dienone is 1. The Morgan fingerprint density at radius 1 is 1.19 bits per heavy atom. The third kappa shape index (κ3) is 5.81. The molecule has 0 aliphatic carbocycles. The first-order chi connectivity index (χ1) is 11.5. The Kier molecular flexibility index (Phi) is 6.69. The van der Waals surface area contributed by atoms with Crippen LogP contribution in [0.15, 0.2) is 23.8 Å². The molecule has 0 aromatic carbocycles. The molecule has 0 fully saturated rings. The smallest absolute Gasteiger partial charge is 0.417 e.